The van der Waals surface area contributed by atoms with Gasteiger partial charge in [0.15, 0.2) is 0 Å². The molecule has 0 radical (unpaired) electrons. The quantitative estimate of drug-likeness (QED) is 0.795. The summed E-state index contributed by atoms with van der Waals surface area (Å²) in [7, 11) is 0. The number of nitriles is 1. The summed E-state index contributed by atoms with van der Waals surface area (Å²) in [6.07, 6.45) is 1.59. The molecule has 6 heteroatoms. The smallest absolute Gasteiger partial charge is 0.335 e. The summed E-state index contributed by atoms with van der Waals surface area (Å²) in [5, 5.41) is 23.2. The molecule has 0 unspecified atom stereocenters. The molecule has 0 saturated heterocycles. The van der Waals surface area contributed by atoms with Gasteiger partial charge in [-0.2, -0.15) is 10.4 Å². The molecule has 5 nitrogen and oxygen atoms in total. The fourth-order valence-electron chi connectivity index (χ4n) is 2.20. The van der Waals surface area contributed by atoms with Crippen molar-refractivity contribution in [2.75, 3.05) is 0 Å². The molecule has 1 heterocycles. The summed E-state index contributed by atoms with van der Waals surface area (Å²) in [6, 6.07) is 15.5. The molecule has 0 amide bonds. The first kappa shape index (κ1) is 14.8. The normalized spacial score (nSPS) is 10.3. The van der Waals surface area contributed by atoms with E-state index in [2.05, 4.69) is 11.2 Å². The van der Waals surface area contributed by atoms with Gasteiger partial charge in [-0.3, -0.25) is 0 Å². The van der Waals surface area contributed by atoms with Crippen molar-refractivity contribution in [3.63, 3.8) is 0 Å². The molecule has 0 bridgehead atoms. The van der Waals surface area contributed by atoms with Crippen LogP contribution in [0.15, 0.2) is 54.7 Å². The van der Waals surface area contributed by atoms with E-state index in [1.165, 1.54) is 16.8 Å². The first-order chi connectivity index (χ1) is 11.1. The third-order valence-electron chi connectivity index (χ3n) is 3.34. The van der Waals surface area contributed by atoms with Crippen molar-refractivity contribution in [1.82, 2.24) is 9.78 Å². The van der Waals surface area contributed by atoms with E-state index >= 15 is 0 Å². The van der Waals surface area contributed by atoms with Crippen molar-refractivity contribution in [3.8, 4) is 23.0 Å². The van der Waals surface area contributed by atoms with Crippen LogP contribution in [0.3, 0.4) is 0 Å². The van der Waals surface area contributed by atoms with Crippen molar-refractivity contribution in [2.45, 2.75) is 0 Å². The number of carboxylic acid groups (broad SMARTS) is 1. The monoisotopic (exact) mass is 323 g/mol. The zero-order valence-electron chi connectivity index (χ0n) is 11.8. The Morgan fingerprint density at radius 3 is 2.48 bits per heavy atom. The largest absolute Gasteiger partial charge is 0.478 e. The van der Waals surface area contributed by atoms with E-state index in [9.17, 15) is 10.1 Å². The van der Waals surface area contributed by atoms with Crippen LogP contribution in [-0.2, 0) is 0 Å². The Balaban J connectivity index is 2.08. The first-order valence-electron chi connectivity index (χ1n) is 6.68. The van der Waals surface area contributed by atoms with Crippen LogP contribution in [0.4, 0.5) is 0 Å². The number of hydrogen-bond acceptors (Lipinski definition) is 3. The van der Waals surface area contributed by atoms with Crippen LogP contribution in [-0.4, -0.2) is 20.9 Å². The van der Waals surface area contributed by atoms with Crippen LogP contribution in [0, 0.1) is 11.3 Å². The lowest BCUT2D eigenvalue weighted by atomic mass is 10.1. The van der Waals surface area contributed by atoms with E-state index in [0.29, 0.717) is 27.5 Å². The van der Waals surface area contributed by atoms with Crippen LogP contribution < -0.4 is 0 Å². The van der Waals surface area contributed by atoms with Crippen LogP contribution >= 0.6 is 11.6 Å². The molecule has 0 aliphatic heterocycles. The number of halogens is 1. The van der Waals surface area contributed by atoms with Crippen LogP contribution in [0.5, 0.6) is 0 Å². The third-order valence-corrected chi connectivity index (χ3v) is 3.67. The number of aromatic carboxylic acids is 1. The van der Waals surface area contributed by atoms with Gasteiger partial charge in [-0.1, -0.05) is 29.8 Å². The van der Waals surface area contributed by atoms with Gasteiger partial charge >= 0.3 is 5.97 Å². The summed E-state index contributed by atoms with van der Waals surface area (Å²) in [6.45, 7) is 0. The fourth-order valence-corrected chi connectivity index (χ4v) is 2.42. The maximum Gasteiger partial charge on any atom is 0.335 e. The Kier molecular flexibility index (Phi) is 3.83. The Bertz CT molecular complexity index is 924. The highest BCUT2D eigenvalue weighted by molar-refractivity contribution is 6.33. The molecule has 0 aliphatic rings. The highest BCUT2D eigenvalue weighted by Crippen LogP contribution is 2.29. The summed E-state index contributed by atoms with van der Waals surface area (Å²) < 4.78 is 1.53. The lowest BCUT2D eigenvalue weighted by Crippen LogP contribution is -1.99. The maximum atomic E-state index is 10.9. The lowest BCUT2D eigenvalue weighted by Gasteiger charge is -2.02. The van der Waals surface area contributed by atoms with Gasteiger partial charge < -0.3 is 5.11 Å². The van der Waals surface area contributed by atoms with Gasteiger partial charge in [0.25, 0.3) is 0 Å². The molecule has 3 rings (SSSR count). The number of aromatic nitrogens is 2. The number of carboxylic acids is 1. The minimum absolute atomic E-state index is 0.188. The number of hydrogen-bond donors (Lipinski definition) is 1. The Hall–Kier alpha value is -3.10. The molecule has 2 aromatic carbocycles. The van der Waals surface area contributed by atoms with Gasteiger partial charge in [0.05, 0.1) is 21.8 Å². The molecule has 0 aliphatic carbocycles. The second kappa shape index (κ2) is 5.95. The SMILES string of the molecule is N#Cc1cn(-c2ccc(C(=O)O)cc2)nc1-c1ccccc1Cl. The Morgan fingerprint density at radius 1 is 1.17 bits per heavy atom. The molecule has 0 atom stereocenters. The number of benzene rings is 2. The van der Waals surface area contributed by atoms with Crippen molar-refractivity contribution >= 4 is 17.6 Å². The minimum Gasteiger partial charge on any atom is -0.478 e. The molecule has 3 aromatic rings. The zero-order valence-corrected chi connectivity index (χ0v) is 12.5. The van der Waals surface area contributed by atoms with Crippen LogP contribution in [0.2, 0.25) is 5.02 Å². The summed E-state index contributed by atoms with van der Waals surface area (Å²) in [5.41, 5.74) is 2.39. The predicted octanol–water partition coefficient (Wildman–Crippen LogP) is 3.76. The van der Waals surface area contributed by atoms with Gasteiger partial charge in [0.2, 0.25) is 0 Å². The average molecular weight is 324 g/mol. The molecular formula is C17H10ClN3O2. The third kappa shape index (κ3) is 2.80. The van der Waals surface area contributed by atoms with E-state index in [1.807, 2.05) is 6.07 Å². The van der Waals surface area contributed by atoms with Crippen LogP contribution in [0.1, 0.15) is 15.9 Å². The summed E-state index contributed by atoms with van der Waals surface area (Å²) in [4.78, 5) is 10.9. The molecule has 0 saturated carbocycles. The molecule has 1 N–H and O–H groups in total. The fraction of sp³-hybridized carbons (Fsp3) is 0. The molecule has 23 heavy (non-hydrogen) atoms. The zero-order chi connectivity index (χ0) is 16.4. The van der Waals surface area contributed by atoms with Crippen LogP contribution in [0.25, 0.3) is 16.9 Å². The molecule has 112 valence electrons. The van der Waals surface area contributed by atoms with E-state index < -0.39 is 5.97 Å². The van der Waals surface area contributed by atoms with Gasteiger partial charge in [0, 0.05) is 11.8 Å². The molecule has 1 aromatic heterocycles. The van der Waals surface area contributed by atoms with Gasteiger partial charge in [-0.25, -0.2) is 9.48 Å². The highest BCUT2D eigenvalue weighted by Gasteiger charge is 2.14. The molecular weight excluding hydrogens is 314 g/mol. The topological polar surface area (TPSA) is 78.9 Å². The molecule has 0 fully saturated rings. The standard InChI is InChI=1S/C17H10ClN3O2/c18-15-4-2-1-3-14(15)16-12(9-19)10-21(20-16)13-7-5-11(6-8-13)17(22)23/h1-8,10H,(H,22,23). The Morgan fingerprint density at radius 2 is 1.87 bits per heavy atom. The maximum absolute atomic E-state index is 10.9. The van der Waals surface area contributed by atoms with Crippen molar-refractivity contribution in [2.24, 2.45) is 0 Å². The van der Waals surface area contributed by atoms with E-state index in [4.69, 9.17) is 16.7 Å². The Labute approximate surface area is 137 Å². The highest BCUT2D eigenvalue weighted by atomic mass is 35.5. The van der Waals surface area contributed by atoms with Crippen molar-refractivity contribution in [1.29, 1.82) is 5.26 Å². The second-order valence-electron chi connectivity index (χ2n) is 4.78. The number of nitrogens with zero attached hydrogens (tertiary/aromatic N) is 3. The summed E-state index contributed by atoms with van der Waals surface area (Å²) in [5.74, 6) is -0.994. The van der Waals surface area contributed by atoms with E-state index in [-0.39, 0.29) is 5.56 Å². The number of carbonyl (C=O) groups is 1. The number of rotatable bonds is 3. The lowest BCUT2D eigenvalue weighted by molar-refractivity contribution is 0.0697. The van der Waals surface area contributed by atoms with Gasteiger partial charge in [0.1, 0.15) is 11.8 Å². The second-order valence-corrected chi connectivity index (χ2v) is 5.19. The van der Waals surface area contributed by atoms with Gasteiger partial charge in [-0.15, -0.1) is 0 Å². The van der Waals surface area contributed by atoms with Gasteiger partial charge in [-0.05, 0) is 30.3 Å². The minimum atomic E-state index is -0.994. The predicted molar refractivity (Wildman–Crippen MR) is 85.7 cm³/mol. The average Bonchev–Trinajstić information content (AvgIpc) is 2.99. The first-order valence-corrected chi connectivity index (χ1v) is 7.06. The molecule has 0 spiro atoms. The van der Waals surface area contributed by atoms with Crippen molar-refractivity contribution < 1.29 is 9.90 Å². The summed E-state index contributed by atoms with van der Waals surface area (Å²) >= 11 is 6.17. The van der Waals surface area contributed by atoms with Crippen molar-refractivity contribution in [3.05, 3.63) is 70.9 Å². The van der Waals surface area contributed by atoms with E-state index in [0.717, 1.165) is 0 Å². The van der Waals surface area contributed by atoms with E-state index in [1.54, 1.807) is 36.5 Å².